The smallest absolute Gasteiger partial charge is 0.0406 e. The van der Waals surface area contributed by atoms with E-state index in [-0.39, 0.29) is 0 Å². The second kappa shape index (κ2) is 5.24. The molecule has 0 aliphatic carbocycles. The third-order valence-electron chi connectivity index (χ3n) is 2.91. The second-order valence-corrected chi connectivity index (χ2v) is 4.80. The number of rotatable bonds is 3. The molecule has 18 heavy (non-hydrogen) atoms. The molecular formula is C17H15Cl. The van der Waals surface area contributed by atoms with Gasteiger partial charge in [0.25, 0.3) is 0 Å². The molecule has 2 aromatic rings. The molecule has 0 aliphatic rings. The standard InChI is InChI=1S/C17H15Cl/c1-12(2)14-4-8-16(9-5-14)17-10-6-15(7-11-17)13(3)18/h4-11H,1,3H2,2H3. The first kappa shape index (κ1) is 12.7. The van der Waals surface area contributed by atoms with E-state index in [1.54, 1.807) is 0 Å². The van der Waals surface area contributed by atoms with Gasteiger partial charge in [0.1, 0.15) is 0 Å². The summed E-state index contributed by atoms with van der Waals surface area (Å²) in [5, 5.41) is 0.569. The first-order chi connectivity index (χ1) is 8.58. The normalized spacial score (nSPS) is 10.1. The molecule has 0 N–H and O–H groups in total. The molecule has 0 spiro atoms. The first-order valence-corrected chi connectivity index (χ1v) is 6.17. The number of allylic oxidation sites excluding steroid dienone is 1. The van der Waals surface area contributed by atoms with E-state index in [4.69, 9.17) is 11.6 Å². The maximum absolute atomic E-state index is 5.85. The fourth-order valence-electron chi connectivity index (χ4n) is 1.79. The molecule has 0 nitrogen and oxygen atoms in total. The van der Waals surface area contributed by atoms with Gasteiger partial charge < -0.3 is 0 Å². The Hall–Kier alpha value is -1.79. The van der Waals surface area contributed by atoms with Gasteiger partial charge in [-0.05, 0) is 29.2 Å². The zero-order chi connectivity index (χ0) is 13.1. The van der Waals surface area contributed by atoms with E-state index in [0.717, 1.165) is 11.1 Å². The molecule has 0 fully saturated rings. The molecule has 0 unspecified atom stereocenters. The second-order valence-electron chi connectivity index (χ2n) is 4.34. The summed E-state index contributed by atoms with van der Waals surface area (Å²) in [5.41, 5.74) is 5.57. The lowest BCUT2D eigenvalue weighted by Gasteiger charge is -2.05. The molecule has 0 bridgehead atoms. The van der Waals surface area contributed by atoms with Gasteiger partial charge in [-0.1, -0.05) is 78.9 Å². The van der Waals surface area contributed by atoms with Crippen molar-refractivity contribution in [3.05, 3.63) is 72.8 Å². The van der Waals surface area contributed by atoms with Crippen molar-refractivity contribution in [2.75, 3.05) is 0 Å². The molecular weight excluding hydrogens is 240 g/mol. The summed E-state index contributed by atoms with van der Waals surface area (Å²) >= 11 is 5.85. The van der Waals surface area contributed by atoms with Gasteiger partial charge in [0.2, 0.25) is 0 Å². The summed E-state index contributed by atoms with van der Waals surface area (Å²) in [6, 6.07) is 16.5. The van der Waals surface area contributed by atoms with E-state index >= 15 is 0 Å². The minimum atomic E-state index is 0.569. The van der Waals surface area contributed by atoms with Crippen molar-refractivity contribution in [3.8, 4) is 11.1 Å². The van der Waals surface area contributed by atoms with E-state index in [0.29, 0.717) is 5.03 Å². The van der Waals surface area contributed by atoms with Crippen molar-refractivity contribution in [2.45, 2.75) is 6.92 Å². The van der Waals surface area contributed by atoms with Crippen LogP contribution >= 0.6 is 11.6 Å². The molecule has 0 saturated carbocycles. The summed E-state index contributed by atoms with van der Waals surface area (Å²) < 4.78 is 0. The van der Waals surface area contributed by atoms with E-state index in [2.05, 4.69) is 49.6 Å². The average molecular weight is 255 g/mol. The van der Waals surface area contributed by atoms with E-state index in [1.165, 1.54) is 16.7 Å². The summed E-state index contributed by atoms with van der Waals surface area (Å²) in [7, 11) is 0. The van der Waals surface area contributed by atoms with Crippen LogP contribution in [0.15, 0.2) is 61.7 Å². The maximum Gasteiger partial charge on any atom is 0.0406 e. The molecule has 0 saturated heterocycles. The largest absolute Gasteiger partial charge is 0.0955 e. The Bertz CT molecular complexity index is 519. The molecule has 2 rings (SSSR count). The number of hydrogen-bond donors (Lipinski definition) is 0. The van der Waals surface area contributed by atoms with Crippen LogP contribution < -0.4 is 0 Å². The molecule has 1 heteroatoms. The van der Waals surface area contributed by atoms with Gasteiger partial charge in [-0.25, -0.2) is 0 Å². The highest BCUT2D eigenvalue weighted by Gasteiger charge is 2.00. The highest BCUT2D eigenvalue weighted by Crippen LogP contribution is 2.24. The molecule has 0 heterocycles. The van der Waals surface area contributed by atoms with Crippen LogP contribution in [-0.2, 0) is 0 Å². The average Bonchev–Trinajstić information content (AvgIpc) is 2.39. The highest BCUT2D eigenvalue weighted by atomic mass is 35.5. The summed E-state index contributed by atoms with van der Waals surface area (Å²) in [6.45, 7) is 9.66. The van der Waals surface area contributed by atoms with Gasteiger partial charge in [-0.15, -0.1) is 0 Å². The van der Waals surface area contributed by atoms with Crippen LogP contribution in [0.3, 0.4) is 0 Å². The quantitative estimate of drug-likeness (QED) is 0.669. The molecule has 0 atom stereocenters. The van der Waals surface area contributed by atoms with Crippen molar-refractivity contribution in [1.29, 1.82) is 0 Å². The lowest BCUT2D eigenvalue weighted by Crippen LogP contribution is -1.82. The van der Waals surface area contributed by atoms with Crippen LogP contribution in [0.2, 0.25) is 0 Å². The van der Waals surface area contributed by atoms with Gasteiger partial charge in [0, 0.05) is 5.03 Å². The Balaban J connectivity index is 2.31. The molecule has 0 radical (unpaired) electrons. The third-order valence-corrected chi connectivity index (χ3v) is 3.13. The van der Waals surface area contributed by atoms with E-state index < -0.39 is 0 Å². The van der Waals surface area contributed by atoms with Gasteiger partial charge in [0.15, 0.2) is 0 Å². The highest BCUT2D eigenvalue weighted by molar-refractivity contribution is 6.48. The monoisotopic (exact) mass is 254 g/mol. The van der Waals surface area contributed by atoms with Gasteiger partial charge in [-0.2, -0.15) is 0 Å². The Morgan fingerprint density at radius 3 is 1.50 bits per heavy atom. The summed E-state index contributed by atoms with van der Waals surface area (Å²) in [4.78, 5) is 0. The van der Waals surface area contributed by atoms with E-state index in [9.17, 15) is 0 Å². The fourth-order valence-corrected chi connectivity index (χ4v) is 1.92. The topological polar surface area (TPSA) is 0 Å². The van der Waals surface area contributed by atoms with Crippen LogP contribution in [0.1, 0.15) is 18.1 Å². The van der Waals surface area contributed by atoms with Crippen molar-refractivity contribution < 1.29 is 0 Å². The summed E-state index contributed by atoms with van der Waals surface area (Å²) in [5.74, 6) is 0. The third kappa shape index (κ3) is 2.72. The fraction of sp³-hybridized carbons (Fsp3) is 0.0588. The van der Waals surface area contributed by atoms with Crippen LogP contribution in [0.4, 0.5) is 0 Å². The van der Waals surface area contributed by atoms with Gasteiger partial charge in [-0.3, -0.25) is 0 Å². The van der Waals surface area contributed by atoms with Crippen LogP contribution in [0.25, 0.3) is 21.7 Å². The minimum absolute atomic E-state index is 0.569. The zero-order valence-electron chi connectivity index (χ0n) is 10.4. The number of hydrogen-bond acceptors (Lipinski definition) is 0. The summed E-state index contributed by atoms with van der Waals surface area (Å²) in [6.07, 6.45) is 0. The van der Waals surface area contributed by atoms with Crippen LogP contribution in [0, 0.1) is 0 Å². The lowest BCUT2D eigenvalue weighted by atomic mass is 10.0. The minimum Gasteiger partial charge on any atom is -0.0955 e. The molecule has 0 amide bonds. The van der Waals surface area contributed by atoms with Crippen molar-refractivity contribution in [3.63, 3.8) is 0 Å². The SMILES string of the molecule is C=C(C)c1ccc(-c2ccc(C(=C)Cl)cc2)cc1. The van der Waals surface area contributed by atoms with Crippen LogP contribution in [0.5, 0.6) is 0 Å². The maximum atomic E-state index is 5.85. The number of benzene rings is 2. The van der Waals surface area contributed by atoms with Crippen molar-refractivity contribution in [1.82, 2.24) is 0 Å². The van der Waals surface area contributed by atoms with Crippen molar-refractivity contribution in [2.24, 2.45) is 0 Å². The van der Waals surface area contributed by atoms with Gasteiger partial charge in [0.05, 0.1) is 0 Å². The molecule has 0 aromatic heterocycles. The van der Waals surface area contributed by atoms with Gasteiger partial charge >= 0.3 is 0 Å². The van der Waals surface area contributed by atoms with Crippen molar-refractivity contribution >= 4 is 22.2 Å². The predicted molar refractivity (Wildman–Crippen MR) is 81.5 cm³/mol. The van der Waals surface area contributed by atoms with E-state index in [1.807, 2.05) is 19.1 Å². The molecule has 90 valence electrons. The Morgan fingerprint density at radius 1 is 0.778 bits per heavy atom. The lowest BCUT2D eigenvalue weighted by molar-refractivity contribution is 1.55. The predicted octanol–water partition coefficient (Wildman–Crippen LogP) is 5.60. The first-order valence-electron chi connectivity index (χ1n) is 5.79. The Labute approximate surface area is 113 Å². The molecule has 0 aliphatic heterocycles. The Morgan fingerprint density at radius 2 is 1.17 bits per heavy atom. The zero-order valence-corrected chi connectivity index (χ0v) is 11.2. The van der Waals surface area contributed by atoms with Crippen LogP contribution in [-0.4, -0.2) is 0 Å². The Kier molecular flexibility index (Phi) is 3.69. The number of halogens is 1. The molecule has 2 aromatic carbocycles.